The molecule has 1 aliphatic heterocycles. The van der Waals surface area contributed by atoms with Crippen LogP contribution in [0.1, 0.15) is 26.2 Å². The highest BCUT2D eigenvalue weighted by molar-refractivity contribution is 5.81. The van der Waals surface area contributed by atoms with Gasteiger partial charge in [0, 0.05) is 43.3 Å². The summed E-state index contributed by atoms with van der Waals surface area (Å²) in [6.07, 6.45) is 2.53. The molecule has 138 valence electrons. The van der Waals surface area contributed by atoms with E-state index in [9.17, 15) is 4.79 Å². The number of nitrogens with zero attached hydrogens (tertiary/aromatic N) is 2. The van der Waals surface area contributed by atoms with Crippen LogP contribution < -0.4 is 4.74 Å². The Kier molecular flexibility index (Phi) is 5.05. The van der Waals surface area contributed by atoms with E-state index in [4.69, 9.17) is 9.72 Å². The zero-order chi connectivity index (χ0) is 18.6. The smallest absolute Gasteiger partial charge is 0.222 e. The SMILES string of the molecule is CCC(=O)N1CCC(Oc2ccc(-c3ccc4ccccc4n3)cc2)CC1. The molecule has 0 spiro atoms. The van der Waals surface area contributed by atoms with Crippen molar-refractivity contribution in [3.8, 4) is 17.0 Å². The second-order valence-corrected chi connectivity index (χ2v) is 6.97. The van der Waals surface area contributed by atoms with E-state index in [2.05, 4.69) is 30.3 Å². The van der Waals surface area contributed by atoms with Gasteiger partial charge in [0.05, 0.1) is 11.2 Å². The second-order valence-electron chi connectivity index (χ2n) is 6.97. The molecule has 4 heteroatoms. The van der Waals surface area contributed by atoms with E-state index in [0.717, 1.165) is 53.8 Å². The first kappa shape index (κ1) is 17.5. The van der Waals surface area contributed by atoms with Crippen LogP contribution in [0.4, 0.5) is 0 Å². The first-order chi connectivity index (χ1) is 13.2. The molecule has 4 nitrogen and oxygen atoms in total. The van der Waals surface area contributed by atoms with Crippen molar-refractivity contribution in [1.29, 1.82) is 0 Å². The minimum absolute atomic E-state index is 0.176. The number of hydrogen-bond donors (Lipinski definition) is 0. The van der Waals surface area contributed by atoms with E-state index < -0.39 is 0 Å². The Morgan fingerprint density at radius 2 is 1.78 bits per heavy atom. The van der Waals surface area contributed by atoms with Gasteiger partial charge in [-0.05, 0) is 36.4 Å². The van der Waals surface area contributed by atoms with Crippen molar-refractivity contribution in [2.75, 3.05) is 13.1 Å². The molecule has 0 radical (unpaired) electrons. The predicted octanol–water partition coefficient (Wildman–Crippen LogP) is 4.68. The fourth-order valence-corrected chi connectivity index (χ4v) is 3.57. The Balaban J connectivity index is 1.41. The number of benzene rings is 2. The molecule has 1 fully saturated rings. The van der Waals surface area contributed by atoms with E-state index in [1.54, 1.807) is 0 Å². The Morgan fingerprint density at radius 3 is 2.52 bits per heavy atom. The molecule has 0 atom stereocenters. The molecule has 0 aliphatic carbocycles. The third kappa shape index (κ3) is 3.95. The summed E-state index contributed by atoms with van der Waals surface area (Å²) in [5, 5.41) is 1.15. The van der Waals surface area contributed by atoms with Crippen LogP contribution in [-0.2, 0) is 4.79 Å². The first-order valence-electron chi connectivity index (χ1n) is 9.63. The molecule has 1 aliphatic rings. The van der Waals surface area contributed by atoms with Crippen molar-refractivity contribution in [3.05, 3.63) is 60.7 Å². The molecule has 27 heavy (non-hydrogen) atoms. The molecule has 0 bridgehead atoms. The number of pyridine rings is 1. The number of amides is 1. The minimum Gasteiger partial charge on any atom is -0.490 e. The normalized spacial score (nSPS) is 15.1. The number of hydrogen-bond acceptors (Lipinski definition) is 3. The number of piperidine rings is 1. The van der Waals surface area contributed by atoms with Gasteiger partial charge in [-0.3, -0.25) is 4.79 Å². The van der Waals surface area contributed by atoms with Gasteiger partial charge in [0.25, 0.3) is 0 Å². The minimum atomic E-state index is 0.176. The summed E-state index contributed by atoms with van der Waals surface area (Å²) >= 11 is 0. The van der Waals surface area contributed by atoms with Gasteiger partial charge in [-0.2, -0.15) is 0 Å². The van der Waals surface area contributed by atoms with Crippen LogP contribution in [0.15, 0.2) is 60.7 Å². The van der Waals surface area contributed by atoms with Crippen LogP contribution in [0, 0.1) is 0 Å². The molecule has 3 aromatic rings. The molecule has 0 unspecified atom stereocenters. The Hall–Kier alpha value is -2.88. The number of carbonyl (C=O) groups excluding carboxylic acids is 1. The maximum Gasteiger partial charge on any atom is 0.222 e. The van der Waals surface area contributed by atoms with Crippen molar-refractivity contribution < 1.29 is 9.53 Å². The van der Waals surface area contributed by atoms with Gasteiger partial charge >= 0.3 is 0 Å². The molecular formula is C23H24N2O2. The van der Waals surface area contributed by atoms with Crippen LogP contribution in [0.2, 0.25) is 0 Å². The highest BCUT2D eigenvalue weighted by Gasteiger charge is 2.22. The van der Waals surface area contributed by atoms with Gasteiger partial charge in [-0.1, -0.05) is 31.2 Å². The zero-order valence-corrected chi connectivity index (χ0v) is 15.6. The number of likely N-dealkylation sites (tertiary alicyclic amines) is 1. The lowest BCUT2D eigenvalue weighted by molar-refractivity contribution is -0.132. The third-order valence-electron chi connectivity index (χ3n) is 5.15. The van der Waals surface area contributed by atoms with Gasteiger partial charge in [0.1, 0.15) is 11.9 Å². The average Bonchev–Trinajstić information content (AvgIpc) is 2.74. The average molecular weight is 360 g/mol. The summed E-state index contributed by atoms with van der Waals surface area (Å²) in [5.74, 6) is 1.11. The van der Waals surface area contributed by atoms with Crippen molar-refractivity contribution in [2.45, 2.75) is 32.3 Å². The molecule has 1 amide bonds. The van der Waals surface area contributed by atoms with Crippen molar-refractivity contribution in [2.24, 2.45) is 0 Å². The van der Waals surface area contributed by atoms with Crippen molar-refractivity contribution >= 4 is 16.8 Å². The lowest BCUT2D eigenvalue weighted by Crippen LogP contribution is -2.41. The summed E-state index contributed by atoms with van der Waals surface area (Å²) in [6.45, 7) is 3.49. The number of para-hydroxylation sites is 1. The summed E-state index contributed by atoms with van der Waals surface area (Å²) in [5.41, 5.74) is 3.05. The number of fused-ring (bicyclic) bond motifs is 1. The fourth-order valence-electron chi connectivity index (χ4n) is 3.57. The number of ether oxygens (including phenoxy) is 1. The predicted molar refractivity (Wildman–Crippen MR) is 108 cm³/mol. The molecule has 2 aromatic carbocycles. The zero-order valence-electron chi connectivity index (χ0n) is 15.6. The summed E-state index contributed by atoms with van der Waals surface area (Å²) < 4.78 is 6.12. The van der Waals surface area contributed by atoms with E-state index in [1.165, 1.54) is 0 Å². The highest BCUT2D eigenvalue weighted by Crippen LogP contribution is 2.25. The van der Waals surface area contributed by atoms with Gasteiger partial charge < -0.3 is 9.64 Å². The van der Waals surface area contributed by atoms with Gasteiger partial charge in [-0.15, -0.1) is 0 Å². The van der Waals surface area contributed by atoms with Gasteiger partial charge in [0.15, 0.2) is 0 Å². The molecule has 1 saturated heterocycles. The third-order valence-corrected chi connectivity index (χ3v) is 5.15. The van der Waals surface area contributed by atoms with Crippen LogP contribution in [0.25, 0.3) is 22.2 Å². The molecular weight excluding hydrogens is 336 g/mol. The summed E-state index contributed by atoms with van der Waals surface area (Å²) in [6, 6.07) is 20.4. The van der Waals surface area contributed by atoms with Crippen molar-refractivity contribution in [3.63, 3.8) is 0 Å². The van der Waals surface area contributed by atoms with Crippen LogP contribution in [0.5, 0.6) is 5.75 Å². The lowest BCUT2D eigenvalue weighted by atomic mass is 10.1. The van der Waals surface area contributed by atoms with E-state index in [1.807, 2.05) is 42.2 Å². The Labute approximate surface area is 159 Å². The van der Waals surface area contributed by atoms with Crippen molar-refractivity contribution in [1.82, 2.24) is 9.88 Å². The quantitative estimate of drug-likeness (QED) is 0.678. The molecule has 2 heterocycles. The van der Waals surface area contributed by atoms with Gasteiger partial charge in [-0.25, -0.2) is 4.98 Å². The van der Waals surface area contributed by atoms with E-state index in [0.29, 0.717) is 6.42 Å². The Bertz CT molecular complexity index is 929. The Morgan fingerprint density at radius 1 is 1.04 bits per heavy atom. The largest absolute Gasteiger partial charge is 0.490 e. The standard InChI is InChI=1S/C23H24N2O2/c1-2-23(26)25-15-13-20(14-16-25)27-19-10-7-18(8-11-19)22-12-9-17-5-3-4-6-21(17)24-22/h3-12,20H,2,13-16H2,1H3. The van der Waals surface area contributed by atoms with Crippen LogP contribution >= 0.6 is 0 Å². The number of aromatic nitrogens is 1. The molecule has 0 saturated carbocycles. The van der Waals surface area contributed by atoms with Gasteiger partial charge in [0.2, 0.25) is 5.91 Å². The number of rotatable bonds is 4. The fraction of sp³-hybridized carbons (Fsp3) is 0.304. The summed E-state index contributed by atoms with van der Waals surface area (Å²) in [7, 11) is 0. The monoisotopic (exact) mass is 360 g/mol. The summed E-state index contributed by atoms with van der Waals surface area (Å²) in [4.78, 5) is 18.4. The molecule has 4 rings (SSSR count). The maximum absolute atomic E-state index is 11.8. The highest BCUT2D eigenvalue weighted by atomic mass is 16.5. The second kappa shape index (κ2) is 7.78. The molecule has 1 aromatic heterocycles. The lowest BCUT2D eigenvalue weighted by Gasteiger charge is -2.32. The van der Waals surface area contributed by atoms with Crippen LogP contribution in [0.3, 0.4) is 0 Å². The number of carbonyl (C=O) groups is 1. The maximum atomic E-state index is 11.8. The van der Waals surface area contributed by atoms with E-state index >= 15 is 0 Å². The van der Waals surface area contributed by atoms with E-state index in [-0.39, 0.29) is 12.0 Å². The molecule has 0 N–H and O–H groups in total. The topological polar surface area (TPSA) is 42.4 Å². The van der Waals surface area contributed by atoms with Crippen LogP contribution in [-0.4, -0.2) is 35.0 Å². The first-order valence-corrected chi connectivity index (χ1v) is 9.63.